The fraction of sp³-hybridized carbons (Fsp3) is 0.600. The summed E-state index contributed by atoms with van der Waals surface area (Å²) in [6, 6.07) is 31.4. The molecule has 0 saturated carbocycles. The summed E-state index contributed by atoms with van der Waals surface area (Å²) in [5.74, 6) is -0.953. The maximum Gasteiger partial charge on any atom is 0.306 e. The zero-order valence-corrected chi connectivity index (χ0v) is 37.4. The van der Waals surface area contributed by atoms with Gasteiger partial charge in [0, 0.05) is 19.4 Å². The fourth-order valence-corrected chi connectivity index (χ4v) is 8.04. The normalized spacial score (nSPS) is 13.1. The van der Waals surface area contributed by atoms with Gasteiger partial charge in [-0.15, -0.1) is 0 Å². The summed E-state index contributed by atoms with van der Waals surface area (Å²) >= 11 is 0. The number of hydrogen-bond acceptors (Lipinski definition) is 8. The first-order chi connectivity index (χ1) is 29.2. The van der Waals surface area contributed by atoms with Gasteiger partial charge >= 0.3 is 11.9 Å². The number of ether oxygens (including phenoxy) is 3. The van der Waals surface area contributed by atoms with E-state index in [1.165, 1.54) is 57.8 Å². The van der Waals surface area contributed by atoms with Gasteiger partial charge in [0.05, 0.1) is 6.61 Å². The van der Waals surface area contributed by atoms with Crippen LogP contribution in [0.5, 0.6) is 0 Å². The average molecular weight is 850 g/mol. The lowest BCUT2D eigenvalue weighted by molar-refractivity contribution is -0.223. The Morgan fingerprint density at radius 1 is 0.550 bits per heavy atom. The molecule has 9 nitrogen and oxygen atoms in total. The highest BCUT2D eigenvalue weighted by atomic mass is 31.2. The SMILES string of the molecule is CCCCCCCCCCCCCCCC(=O)OC[C@H](COP(=O)([O-])O)OC(=O)CCCCCCCCCCCOC(c1ccccc1)(c1ccccc1)c1ccccc1. The number of rotatable bonds is 36. The molecule has 1 unspecified atom stereocenters. The molecule has 0 saturated heterocycles. The van der Waals surface area contributed by atoms with Crippen molar-refractivity contribution >= 4 is 19.8 Å². The summed E-state index contributed by atoms with van der Waals surface area (Å²) in [6.45, 7) is 1.93. The van der Waals surface area contributed by atoms with Crippen LogP contribution in [0.25, 0.3) is 0 Å². The number of esters is 2. The summed E-state index contributed by atoms with van der Waals surface area (Å²) in [5, 5.41) is 0. The zero-order valence-electron chi connectivity index (χ0n) is 36.5. The third kappa shape index (κ3) is 22.0. The number of phosphoric acid groups is 1. The Morgan fingerprint density at radius 3 is 1.32 bits per heavy atom. The summed E-state index contributed by atoms with van der Waals surface area (Å²) in [6.07, 6.45) is 24.0. The molecule has 0 radical (unpaired) electrons. The Balaban J connectivity index is 1.25. The minimum atomic E-state index is -5.03. The molecular weight excluding hydrogens is 776 g/mol. The molecular formula is C50H74O9P-. The zero-order chi connectivity index (χ0) is 43.0. The van der Waals surface area contributed by atoms with Gasteiger partial charge in [-0.2, -0.15) is 0 Å². The van der Waals surface area contributed by atoms with Crippen LogP contribution in [0.2, 0.25) is 0 Å². The molecule has 0 fully saturated rings. The van der Waals surface area contributed by atoms with Crippen LogP contribution in [0, 0.1) is 0 Å². The van der Waals surface area contributed by atoms with Crippen molar-refractivity contribution in [1.29, 1.82) is 0 Å². The summed E-state index contributed by atoms with van der Waals surface area (Å²) in [7, 11) is -5.03. The monoisotopic (exact) mass is 850 g/mol. The lowest BCUT2D eigenvalue weighted by Crippen LogP contribution is -2.33. The van der Waals surface area contributed by atoms with Crippen LogP contribution in [-0.4, -0.2) is 42.8 Å². The molecule has 0 aliphatic heterocycles. The van der Waals surface area contributed by atoms with Crippen LogP contribution >= 0.6 is 7.82 Å². The van der Waals surface area contributed by atoms with E-state index >= 15 is 0 Å². The maximum atomic E-state index is 12.6. The molecule has 0 aliphatic carbocycles. The molecule has 3 aromatic rings. The Kier molecular flexibility index (Phi) is 26.8. The fourth-order valence-electron chi connectivity index (χ4n) is 7.69. The first-order valence-corrected chi connectivity index (χ1v) is 24.6. The average Bonchev–Trinajstić information content (AvgIpc) is 3.26. The highest BCUT2D eigenvalue weighted by Gasteiger charge is 2.37. The summed E-state index contributed by atoms with van der Waals surface area (Å²) in [5.41, 5.74) is 2.64. The van der Waals surface area contributed by atoms with E-state index in [0.717, 1.165) is 87.3 Å². The first-order valence-electron chi connectivity index (χ1n) is 23.1. The van der Waals surface area contributed by atoms with E-state index in [1.807, 2.05) is 18.2 Å². The third-order valence-corrected chi connectivity index (χ3v) is 11.5. The molecule has 1 N–H and O–H groups in total. The number of hydrogen-bond donors (Lipinski definition) is 1. The third-order valence-electron chi connectivity index (χ3n) is 11.0. The highest BCUT2D eigenvalue weighted by molar-refractivity contribution is 7.44. The first kappa shape index (κ1) is 51.0. The molecule has 0 heterocycles. The predicted molar refractivity (Wildman–Crippen MR) is 238 cm³/mol. The molecule has 3 rings (SSSR count). The van der Waals surface area contributed by atoms with Gasteiger partial charge in [-0.3, -0.25) is 14.2 Å². The standard InChI is InChI=1S/C50H75O9P/c1-2-3-4-5-6-7-8-9-10-12-15-18-30-39-48(51)56-42-47(43-58-60(53,54)55)59-49(52)40-31-19-16-13-11-14-17-20-32-41-57-50(44-33-24-21-25-34-44,45-35-26-22-27-36-45)46-37-28-23-29-38-46/h21-29,33-38,47H,2-20,30-32,39-43H2,1H3,(H2,53,54,55)/p-1/t47-/m1/s1. The van der Waals surface area contributed by atoms with Crippen molar-refractivity contribution in [3.05, 3.63) is 108 Å². The molecule has 0 aliphatic rings. The number of unbranched alkanes of at least 4 members (excludes halogenated alkanes) is 20. The van der Waals surface area contributed by atoms with E-state index < -0.39 is 38.1 Å². The minimum Gasteiger partial charge on any atom is -0.756 e. The van der Waals surface area contributed by atoms with Crippen LogP contribution < -0.4 is 4.89 Å². The lowest BCUT2D eigenvalue weighted by atomic mass is 9.80. The molecule has 2 atom stereocenters. The van der Waals surface area contributed by atoms with Crippen LogP contribution in [0.4, 0.5) is 0 Å². The number of benzene rings is 3. The predicted octanol–water partition coefficient (Wildman–Crippen LogP) is 12.3. The van der Waals surface area contributed by atoms with Crippen LogP contribution in [0.15, 0.2) is 91.0 Å². The van der Waals surface area contributed by atoms with Crippen molar-refractivity contribution in [1.82, 2.24) is 0 Å². The Morgan fingerprint density at radius 2 is 0.917 bits per heavy atom. The second-order valence-corrected chi connectivity index (χ2v) is 17.3. The number of phosphoric ester groups is 1. The van der Waals surface area contributed by atoms with Crippen LogP contribution in [-0.2, 0) is 38.5 Å². The minimum absolute atomic E-state index is 0.161. The van der Waals surface area contributed by atoms with E-state index in [2.05, 4.69) is 84.2 Å². The molecule has 10 heteroatoms. The second kappa shape index (κ2) is 31.5. The Labute approximate surface area is 361 Å². The van der Waals surface area contributed by atoms with Crippen molar-refractivity contribution in [3.8, 4) is 0 Å². The van der Waals surface area contributed by atoms with Crippen molar-refractivity contribution in [2.75, 3.05) is 19.8 Å². The maximum absolute atomic E-state index is 12.6. The van der Waals surface area contributed by atoms with Crippen LogP contribution in [0.3, 0.4) is 0 Å². The van der Waals surface area contributed by atoms with Crippen molar-refractivity contribution < 1.29 is 42.7 Å². The van der Waals surface area contributed by atoms with Crippen LogP contribution in [0.1, 0.15) is 178 Å². The van der Waals surface area contributed by atoms with E-state index in [9.17, 15) is 19.0 Å². The van der Waals surface area contributed by atoms with E-state index in [0.29, 0.717) is 19.4 Å². The van der Waals surface area contributed by atoms with Gasteiger partial charge in [0.15, 0.2) is 6.10 Å². The van der Waals surface area contributed by atoms with Gasteiger partial charge in [-0.1, -0.05) is 220 Å². The van der Waals surface area contributed by atoms with Gasteiger partial charge in [0.2, 0.25) is 0 Å². The van der Waals surface area contributed by atoms with Crippen molar-refractivity contribution in [3.63, 3.8) is 0 Å². The van der Waals surface area contributed by atoms with Gasteiger partial charge in [-0.25, -0.2) is 0 Å². The summed E-state index contributed by atoms with van der Waals surface area (Å²) < 4.78 is 33.2. The van der Waals surface area contributed by atoms with E-state index in [1.54, 1.807) is 0 Å². The smallest absolute Gasteiger partial charge is 0.306 e. The van der Waals surface area contributed by atoms with Gasteiger partial charge < -0.3 is 28.5 Å². The Bertz CT molecular complexity index is 1470. The molecule has 3 aromatic carbocycles. The van der Waals surface area contributed by atoms with E-state index in [-0.39, 0.29) is 19.4 Å². The highest BCUT2D eigenvalue weighted by Crippen LogP contribution is 2.40. The molecule has 60 heavy (non-hydrogen) atoms. The quantitative estimate of drug-likeness (QED) is 0.0263. The number of carbonyl (C=O) groups excluding carboxylic acids is 2. The molecule has 334 valence electrons. The second-order valence-electron chi connectivity index (χ2n) is 16.1. The molecule has 0 aromatic heterocycles. The van der Waals surface area contributed by atoms with Crippen molar-refractivity contribution in [2.24, 2.45) is 0 Å². The Hall–Kier alpha value is -3.33. The van der Waals surface area contributed by atoms with Gasteiger partial charge in [-0.05, 0) is 36.0 Å². The van der Waals surface area contributed by atoms with Crippen molar-refractivity contribution in [2.45, 2.75) is 173 Å². The number of carbonyl (C=O) groups is 2. The molecule has 0 amide bonds. The molecule has 0 bridgehead atoms. The molecule has 0 spiro atoms. The van der Waals surface area contributed by atoms with Gasteiger partial charge in [0.1, 0.15) is 12.2 Å². The topological polar surface area (TPSA) is 131 Å². The largest absolute Gasteiger partial charge is 0.756 e. The summed E-state index contributed by atoms with van der Waals surface area (Å²) in [4.78, 5) is 45.1. The van der Waals surface area contributed by atoms with Gasteiger partial charge in [0.25, 0.3) is 7.82 Å². The lowest BCUT2D eigenvalue weighted by Gasteiger charge is -2.36. The van der Waals surface area contributed by atoms with E-state index in [4.69, 9.17) is 19.1 Å².